The Bertz CT molecular complexity index is 995. The number of benzene rings is 1. The molecular formula is C29H43ClN2O3S. The van der Waals surface area contributed by atoms with Crippen LogP contribution in [-0.2, 0) is 28.6 Å². The third kappa shape index (κ3) is 7.45. The van der Waals surface area contributed by atoms with Gasteiger partial charge in [0.25, 0.3) is 5.91 Å². The van der Waals surface area contributed by atoms with Crippen LogP contribution in [0.4, 0.5) is 0 Å². The number of halogens is 1. The topological polar surface area (TPSA) is 69.6 Å². The van der Waals surface area contributed by atoms with Crippen molar-refractivity contribution in [2.45, 2.75) is 84.0 Å². The van der Waals surface area contributed by atoms with Crippen LogP contribution < -0.4 is 4.72 Å². The highest BCUT2D eigenvalue weighted by Crippen LogP contribution is 2.39. The molecular weight excluding hydrogens is 492 g/mol. The van der Waals surface area contributed by atoms with E-state index in [9.17, 15) is 14.1 Å². The zero-order valence-electron chi connectivity index (χ0n) is 22.3. The third-order valence-corrected chi connectivity index (χ3v) is 10.0. The molecule has 3 rings (SSSR count). The fourth-order valence-corrected chi connectivity index (χ4v) is 6.65. The molecule has 0 spiro atoms. The largest absolute Gasteiger partial charge is 0.393 e. The number of aliphatic hydroxyl groups is 1. The standard InChI is InChI=1S/C29H43ClN2O3S/c1-6-23-17-26(30)12-10-24(23)14-15-32-18-25-11-13-27(25)28(33)9-7-8-19(2)22(5)36(35)31-29(34)20(3)16-21(32)4/h10,12,16-17,19,22,25,27-28,33H,4,6-9,11,13-15,18H2,1-3,5H3,(H,31,34)/b20-16+. The van der Waals surface area contributed by atoms with Crippen molar-refractivity contribution in [1.82, 2.24) is 9.62 Å². The number of nitrogens with zero attached hydrogens (tertiary/aromatic N) is 1. The Kier molecular flexibility index (Phi) is 10.6. The summed E-state index contributed by atoms with van der Waals surface area (Å²) in [6.07, 6.45) is 7.96. The van der Waals surface area contributed by atoms with Crippen LogP contribution in [0.5, 0.6) is 0 Å². The first-order valence-electron chi connectivity index (χ1n) is 13.4. The lowest BCUT2D eigenvalue weighted by Gasteiger charge is -2.43. The van der Waals surface area contributed by atoms with Gasteiger partial charge in [-0.1, -0.05) is 44.5 Å². The molecule has 1 fully saturated rings. The number of carbonyl (C=O) groups excluding carboxylic acids is 1. The maximum Gasteiger partial charge on any atom is 0.258 e. The van der Waals surface area contributed by atoms with E-state index in [2.05, 4.69) is 36.1 Å². The number of hydrogen-bond acceptors (Lipinski definition) is 4. The highest BCUT2D eigenvalue weighted by molar-refractivity contribution is 7.84. The molecule has 1 aromatic rings. The summed E-state index contributed by atoms with van der Waals surface area (Å²) in [7, 11) is -1.47. The molecule has 36 heavy (non-hydrogen) atoms. The highest BCUT2D eigenvalue weighted by Gasteiger charge is 2.37. The van der Waals surface area contributed by atoms with Crippen LogP contribution >= 0.6 is 11.6 Å². The van der Waals surface area contributed by atoms with E-state index in [0.717, 1.165) is 68.8 Å². The van der Waals surface area contributed by atoms with Crippen LogP contribution in [0.2, 0.25) is 5.02 Å². The van der Waals surface area contributed by atoms with Gasteiger partial charge in [0.15, 0.2) is 0 Å². The van der Waals surface area contributed by atoms with Crippen molar-refractivity contribution in [3.8, 4) is 0 Å². The van der Waals surface area contributed by atoms with Crippen LogP contribution in [0, 0.1) is 17.8 Å². The van der Waals surface area contributed by atoms with Gasteiger partial charge < -0.3 is 10.0 Å². The summed E-state index contributed by atoms with van der Waals surface area (Å²) in [5.41, 5.74) is 3.78. The second kappa shape index (κ2) is 13.3. The van der Waals surface area contributed by atoms with Crippen molar-refractivity contribution in [3.05, 3.63) is 58.3 Å². The van der Waals surface area contributed by atoms with Gasteiger partial charge in [-0.2, -0.15) is 0 Å². The first kappa shape index (κ1) is 28.9. The van der Waals surface area contributed by atoms with Crippen LogP contribution in [0.3, 0.4) is 0 Å². The van der Waals surface area contributed by atoms with E-state index in [4.69, 9.17) is 11.6 Å². The monoisotopic (exact) mass is 534 g/mol. The van der Waals surface area contributed by atoms with E-state index in [1.807, 2.05) is 19.1 Å². The lowest BCUT2D eigenvalue weighted by atomic mass is 9.69. The Labute approximate surface area is 225 Å². The molecule has 5 nitrogen and oxygen atoms in total. The van der Waals surface area contributed by atoms with Gasteiger partial charge in [0.2, 0.25) is 0 Å². The van der Waals surface area contributed by atoms with Gasteiger partial charge in [-0.05, 0) is 99.5 Å². The quantitative estimate of drug-likeness (QED) is 0.529. The van der Waals surface area contributed by atoms with Crippen LogP contribution in [0.25, 0.3) is 0 Å². The zero-order chi connectivity index (χ0) is 26.4. The SMILES string of the molecule is C=C1/C=C(\C)C(=O)NS(=O)C(C)C(C)CCCC(O)C2CCC2CN1CCc1ccc(Cl)cc1CC. The maximum absolute atomic E-state index is 12.8. The Balaban J connectivity index is 1.83. The molecule has 0 aromatic heterocycles. The Hall–Kier alpha value is -1.63. The summed E-state index contributed by atoms with van der Waals surface area (Å²) in [5.74, 6) is 0.583. The van der Waals surface area contributed by atoms with Gasteiger partial charge >= 0.3 is 0 Å². The number of nitrogens with one attached hydrogen (secondary N) is 1. The molecule has 0 radical (unpaired) electrons. The first-order chi connectivity index (χ1) is 17.1. The number of hydrogen-bond donors (Lipinski definition) is 2. The number of allylic oxidation sites excluding steroid dienone is 1. The van der Waals surface area contributed by atoms with Crippen LogP contribution in [0.1, 0.15) is 70.9 Å². The lowest BCUT2D eigenvalue weighted by molar-refractivity contribution is -0.115. The summed E-state index contributed by atoms with van der Waals surface area (Å²) < 4.78 is 15.5. The number of aliphatic hydroxyl groups excluding tert-OH is 1. The average molecular weight is 535 g/mol. The van der Waals surface area contributed by atoms with Gasteiger partial charge in [-0.15, -0.1) is 0 Å². The smallest absolute Gasteiger partial charge is 0.258 e. The van der Waals surface area contributed by atoms with Crippen LogP contribution in [-0.4, -0.2) is 44.6 Å². The summed E-state index contributed by atoms with van der Waals surface area (Å²) in [6.45, 7) is 13.8. The number of amides is 1. The molecule has 1 aliphatic carbocycles. The van der Waals surface area contributed by atoms with Crippen molar-refractivity contribution < 1.29 is 14.1 Å². The van der Waals surface area contributed by atoms with Crippen molar-refractivity contribution in [1.29, 1.82) is 0 Å². The van der Waals surface area contributed by atoms with Gasteiger partial charge in [-0.25, -0.2) is 4.21 Å². The molecule has 1 saturated carbocycles. The highest BCUT2D eigenvalue weighted by atomic mass is 35.5. The van der Waals surface area contributed by atoms with Crippen LogP contribution in [0.15, 0.2) is 42.1 Å². The number of rotatable bonds is 4. The van der Waals surface area contributed by atoms with E-state index in [0.29, 0.717) is 17.4 Å². The molecule has 1 heterocycles. The molecule has 1 aliphatic heterocycles. The molecule has 7 heteroatoms. The van der Waals surface area contributed by atoms with E-state index < -0.39 is 11.0 Å². The number of fused-ring (bicyclic) bond motifs is 1. The van der Waals surface area contributed by atoms with Gasteiger partial charge in [-0.3, -0.25) is 9.52 Å². The minimum atomic E-state index is -1.47. The minimum Gasteiger partial charge on any atom is -0.393 e. The van der Waals surface area contributed by atoms with Crippen molar-refractivity contribution in [2.75, 3.05) is 13.1 Å². The number of aryl methyl sites for hydroxylation is 1. The maximum atomic E-state index is 12.8. The van der Waals surface area contributed by atoms with Gasteiger partial charge in [0.05, 0.1) is 11.4 Å². The minimum absolute atomic E-state index is 0.157. The molecule has 6 atom stereocenters. The summed E-state index contributed by atoms with van der Waals surface area (Å²) in [5, 5.41) is 11.6. The second-order valence-electron chi connectivity index (χ2n) is 10.7. The van der Waals surface area contributed by atoms with Crippen molar-refractivity contribution in [2.24, 2.45) is 17.8 Å². The molecule has 2 N–H and O–H groups in total. The molecule has 6 unspecified atom stereocenters. The second-order valence-corrected chi connectivity index (χ2v) is 12.7. The molecule has 0 bridgehead atoms. The normalized spacial score (nSPS) is 32.2. The molecule has 2 aliphatic rings. The van der Waals surface area contributed by atoms with E-state index in [-0.39, 0.29) is 23.2 Å². The average Bonchev–Trinajstić information content (AvgIpc) is 2.82. The first-order valence-corrected chi connectivity index (χ1v) is 15.0. The van der Waals surface area contributed by atoms with E-state index >= 15 is 0 Å². The molecule has 200 valence electrons. The predicted molar refractivity (Wildman–Crippen MR) is 150 cm³/mol. The molecule has 1 amide bonds. The summed E-state index contributed by atoms with van der Waals surface area (Å²) in [6, 6.07) is 6.07. The molecule has 0 saturated heterocycles. The van der Waals surface area contributed by atoms with Crippen molar-refractivity contribution >= 4 is 28.5 Å². The zero-order valence-corrected chi connectivity index (χ0v) is 23.8. The summed E-state index contributed by atoms with van der Waals surface area (Å²) >= 11 is 6.21. The van der Waals surface area contributed by atoms with E-state index in [1.54, 1.807) is 13.0 Å². The van der Waals surface area contributed by atoms with Gasteiger partial charge in [0.1, 0.15) is 11.0 Å². The van der Waals surface area contributed by atoms with E-state index in [1.165, 1.54) is 11.1 Å². The van der Waals surface area contributed by atoms with Gasteiger partial charge in [0, 0.05) is 29.4 Å². The number of carbonyl (C=O) groups is 1. The molecule has 1 aromatic carbocycles. The Morgan fingerprint density at radius 1 is 1.19 bits per heavy atom. The third-order valence-electron chi connectivity index (χ3n) is 8.26. The summed E-state index contributed by atoms with van der Waals surface area (Å²) in [4.78, 5) is 15.1. The predicted octanol–water partition coefficient (Wildman–Crippen LogP) is 5.58. The lowest BCUT2D eigenvalue weighted by Crippen LogP contribution is -2.43. The Morgan fingerprint density at radius 3 is 2.61 bits per heavy atom. The Morgan fingerprint density at radius 2 is 1.94 bits per heavy atom. The fourth-order valence-electron chi connectivity index (χ4n) is 5.37. The van der Waals surface area contributed by atoms with Crippen molar-refractivity contribution in [3.63, 3.8) is 0 Å². The fraction of sp³-hybridized carbons (Fsp3) is 0.621.